The van der Waals surface area contributed by atoms with Gasteiger partial charge in [-0.25, -0.2) is 0 Å². The Labute approximate surface area is 118 Å². The number of rotatable bonds is 4. The van der Waals surface area contributed by atoms with E-state index >= 15 is 0 Å². The van der Waals surface area contributed by atoms with Crippen LogP contribution in [0.5, 0.6) is 0 Å². The molecule has 2 rings (SSSR count). The molecule has 1 atom stereocenters. The van der Waals surface area contributed by atoms with E-state index in [9.17, 15) is 4.79 Å². The first-order valence-electron chi connectivity index (χ1n) is 6.42. The van der Waals surface area contributed by atoms with E-state index in [1.54, 1.807) is 16.7 Å². The van der Waals surface area contributed by atoms with Crippen molar-refractivity contribution in [2.24, 2.45) is 0 Å². The van der Waals surface area contributed by atoms with Crippen LogP contribution in [0.2, 0.25) is 0 Å². The standard InChI is InChI=1S/C14H20N2O2S/c1-16(12-3-5-13(19-2)6-4-12)14(17)9-11-10-18-8-7-15-11/h3-6,11,15H,7-10H2,1-2H3. The molecule has 1 saturated heterocycles. The average Bonchev–Trinajstić information content (AvgIpc) is 2.47. The number of amides is 1. The number of nitrogens with one attached hydrogen (secondary N) is 1. The number of nitrogens with zero attached hydrogens (tertiary/aromatic N) is 1. The van der Waals surface area contributed by atoms with Crippen LogP contribution in [0.3, 0.4) is 0 Å². The highest BCUT2D eigenvalue weighted by atomic mass is 32.2. The number of anilines is 1. The molecular weight excluding hydrogens is 260 g/mol. The van der Waals surface area contributed by atoms with E-state index in [2.05, 4.69) is 5.32 Å². The third-order valence-electron chi connectivity index (χ3n) is 3.25. The van der Waals surface area contributed by atoms with Crippen LogP contribution in [0.4, 0.5) is 5.69 Å². The van der Waals surface area contributed by atoms with Gasteiger partial charge in [0.05, 0.1) is 13.2 Å². The second kappa shape index (κ2) is 6.93. The summed E-state index contributed by atoms with van der Waals surface area (Å²) in [5, 5.41) is 3.30. The van der Waals surface area contributed by atoms with Crippen molar-refractivity contribution in [3.8, 4) is 0 Å². The summed E-state index contributed by atoms with van der Waals surface area (Å²) in [5.74, 6) is 0.111. The molecule has 0 radical (unpaired) electrons. The topological polar surface area (TPSA) is 41.6 Å². The zero-order valence-corrected chi connectivity index (χ0v) is 12.2. The first-order chi connectivity index (χ1) is 9.20. The molecule has 1 aromatic rings. The van der Waals surface area contributed by atoms with Gasteiger partial charge in [-0.2, -0.15) is 0 Å². The summed E-state index contributed by atoms with van der Waals surface area (Å²) >= 11 is 1.70. The van der Waals surface area contributed by atoms with Crippen LogP contribution < -0.4 is 10.2 Å². The van der Waals surface area contributed by atoms with Crippen molar-refractivity contribution >= 4 is 23.4 Å². The summed E-state index contributed by atoms with van der Waals surface area (Å²) in [6.45, 7) is 2.17. The molecule has 5 heteroatoms. The van der Waals surface area contributed by atoms with Crippen LogP contribution >= 0.6 is 11.8 Å². The predicted octanol–water partition coefficient (Wildman–Crippen LogP) is 1.75. The zero-order chi connectivity index (χ0) is 13.7. The summed E-state index contributed by atoms with van der Waals surface area (Å²) in [7, 11) is 1.82. The number of benzene rings is 1. The van der Waals surface area contributed by atoms with Crippen molar-refractivity contribution in [1.82, 2.24) is 5.32 Å². The van der Waals surface area contributed by atoms with Crippen LogP contribution in [0, 0.1) is 0 Å². The van der Waals surface area contributed by atoms with Crippen molar-refractivity contribution in [1.29, 1.82) is 0 Å². The van der Waals surface area contributed by atoms with Gasteiger partial charge >= 0.3 is 0 Å². The van der Waals surface area contributed by atoms with E-state index < -0.39 is 0 Å². The molecule has 1 unspecified atom stereocenters. The maximum atomic E-state index is 12.2. The summed E-state index contributed by atoms with van der Waals surface area (Å²) in [5.41, 5.74) is 0.930. The third-order valence-corrected chi connectivity index (χ3v) is 4.00. The minimum absolute atomic E-state index is 0.111. The lowest BCUT2D eigenvalue weighted by Crippen LogP contribution is -2.44. The summed E-state index contributed by atoms with van der Waals surface area (Å²) in [6, 6.07) is 8.16. The van der Waals surface area contributed by atoms with Crippen molar-refractivity contribution in [2.45, 2.75) is 17.4 Å². The van der Waals surface area contributed by atoms with Crippen LogP contribution in [0.15, 0.2) is 29.2 Å². The van der Waals surface area contributed by atoms with E-state index in [1.807, 2.05) is 37.6 Å². The van der Waals surface area contributed by atoms with Gasteiger partial charge in [0.15, 0.2) is 0 Å². The quantitative estimate of drug-likeness (QED) is 0.853. The Morgan fingerprint density at radius 1 is 1.47 bits per heavy atom. The fourth-order valence-electron chi connectivity index (χ4n) is 2.05. The second-order valence-electron chi connectivity index (χ2n) is 4.58. The molecule has 4 nitrogen and oxygen atoms in total. The van der Waals surface area contributed by atoms with Crippen LogP contribution in [-0.4, -0.2) is 45.0 Å². The molecule has 0 spiro atoms. The molecule has 1 heterocycles. The Morgan fingerprint density at radius 3 is 2.79 bits per heavy atom. The number of hydrogen-bond donors (Lipinski definition) is 1. The lowest BCUT2D eigenvalue weighted by molar-refractivity contribution is -0.119. The van der Waals surface area contributed by atoms with Crippen molar-refractivity contribution in [2.75, 3.05) is 38.0 Å². The SMILES string of the molecule is CSc1ccc(N(C)C(=O)CC2COCCN2)cc1. The maximum Gasteiger partial charge on any atom is 0.228 e. The molecule has 1 fully saturated rings. The fraction of sp³-hybridized carbons (Fsp3) is 0.500. The molecule has 0 aromatic heterocycles. The number of morpholine rings is 1. The molecule has 0 bridgehead atoms. The van der Waals surface area contributed by atoms with Gasteiger partial charge in [-0.05, 0) is 30.5 Å². The van der Waals surface area contributed by atoms with E-state index in [0.29, 0.717) is 13.0 Å². The maximum absolute atomic E-state index is 12.2. The summed E-state index contributed by atoms with van der Waals surface area (Å²) in [4.78, 5) is 15.1. The van der Waals surface area contributed by atoms with E-state index in [1.165, 1.54) is 4.90 Å². The van der Waals surface area contributed by atoms with E-state index in [0.717, 1.165) is 18.8 Å². The van der Waals surface area contributed by atoms with Gasteiger partial charge in [0, 0.05) is 36.6 Å². The third kappa shape index (κ3) is 3.96. The van der Waals surface area contributed by atoms with Gasteiger partial charge in [0.25, 0.3) is 0 Å². The van der Waals surface area contributed by atoms with Crippen molar-refractivity contribution in [3.05, 3.63) is 24.3 Å². The lowest BCUT2D eigenvalue weighted by Gasteiger charge is -2.25. The average molecular weight is 280 g/mol. The Bertz CT molecular complexity index is 416. The number of thioether (sulfide) groups is 1. The zero-order valence-electron chi connectivity index (χ0n) is 11.4. The van der Waals surface area contributed by atoms with Crippen molar-refractivity contribution < 1.29 is 9.53 Å². The van der Waals surface area contributed by atoms with Crippen LogP contribution in [0.1, 0.15) is 6.42 Å². The van der Waals surface area contributed by atoms with Gasteiger partial charge in [-0.3, -0.25) is 4.79 Å². The first kappa shape index (κ1) is 14.4. The predicted molar refractivity (Wildman–Crippen MR) is 78.9 cm³/mol. The highest BCUT2D eigenvalue weighted by Gasteiger charge is 2.19. The number of ether oxygens (including phenoxy) is 1. The fourth-order valence-corrected chi connectivity index (χ4v) is 2.46. The Balaban J connectivity index is 1.93. The van der Waals surface area contributed by atoms with E-state index in [-0.39, 0.29) is 11.9 Å². The van der Waals surface area contributed by atoms with Crippen LogP contribution in [-0.2, 0) is 9.53 Å². The molecule has 19 heavy (non-hydrogen) atoms. The van der Waals surface area contributed by atoms with Gasteiger partial charge in [0.1, 0.15) is 0 Å². The van der Waals surface area contributed by atoms with Gasteiger partial charge in [-0.15, -0.1) is 11.8 Å². The Hall–Kier alpha value is -1.04. The largest absolute Gasteiger partial charge is 0.378 e. The molecule has 1 N–H and O–H groups in total. The second-order valence-corrected chi connectivity index (χ2v) is 5.46. The Kier molecular flexibility index (Phi) is 5.24. The molecular formula is C14H20N2O2S. The number of hydrogen-bond acceptors (Lipinski definition) is 4. The van der Waals surface area contributed by atoms with Gasteiger partial charge in [-0.1, -0.05) is 0 Å². The first-order valence-corrected chi connectivity index (χ1v) is 7.65. The van der Waals surface area contributed by atoms with E-state index in [4.69, 9.17) is 4.74 Å². The minimum Gasteiger partial charge on any atom is -0.378 e. The smallest absolute Gasteiger partial charge is 0.228 e. The van der Waals surface area contributed by atoms with Gasteiger partial charge in [0.2, 0.25) is 5.91 Å². The highest BCUT2D eigenvalue weighted by molar-refractivity contribution is 7.98. The van der Waals surface area contributed by atoms with Crippen LogP contribution in [0.25, 0.3) is 0 Å². The van der Waals surface area contributed by atoms with Crippen molar-refractivity contribution in [3.63, 3.8) is 0 Å². The molecule has 1 aliphatic heterocycles. The molecule has 1 aliphatic rings. The molecule has 1 amide bonds. The lowest BCUT2D eigenvalue weighted by atomic mass is 10.1. The highest BCUT2D eigenvalue weighted by Crippen LogP contribution is 2.20. The summed E-state index contributed by atoms with van der Waals surface area (Å²) in [6.07, 6.45) is 2.51. The minimum atomic E-state index is 0.111. The molecule has 0 aliphatic carbocycles. The monoisotopic (exact) mass is 280 g/mol. The summed E-state index contributed by atoms with van der Waals surface area (Å²) < 4.78 is 5.36. The van der Waals surface area contributed by atoms with Gasteiger partial charge < -0.3 is 15.0 Å². The molecule has 0 saturated carbocycles. The Morgan fingerprint density at radius 2 is 2.21 bits per heavy atom. The number of carbonyl (C=O) groups excluding carboxylic acids is 1. The molecule has 1 aromatic carbocycles. The normalized spacial score (nSPS) is 19.2. The number of carbonyl (C=O) groups is 1. The molecule has 104 valence electrons.